The third-order valence-corrected chi connectivity index (χ3v) is 6.69. The molecule has 2 heteroatoms. The first-order chi connectivity index (χ1) is 14.4. The molecule has 0 atom stereocenters. The van der Waals surface area contributed by atoms with E-state index in [0.29, 0.717) is 11.5 Å². The van der Waals surface area contributed by atoms with Gasteiger partial charge in [0.15, 0.2) is 0 Å². The lowest BCUT2D eigenvalue weighted by Crippen LogP contribution is -2.08. The molecule has 2 nitrogen and oxygen atoms in total. The van der Waals surface area contributed by atoms with Crippen molar-refractivity contribution in [2.24, 2.45) is 0 Å². The van der Waals surface area contributed by atoms with Crippen molar-refractivity contribution in [2.75, 3.05) is 0 Å². The third kappa shape index (κ3) is 6.27. The van der Waals surface area contributed by atoms with Crippen molar-refractivity contribution < 1.29 is 10.2 Å². The first-order valence-corrected chi connectivity index (χ1v) is 12.1. The number of rotatable bonds is 12. The predicted octanol–water partition coefficient (Wildman–Crippen LogP) is 8.11. The van der Waals surface area contributed by atoms with Crippen molar-refractivity contribution in [3.05, 3.63) is 57.6 Å². The lowest BCUT2D eigenvalue weighted by Gasteiger charge is -2.25. The Hall–Kier alpha value is -1.96. The van der Waals surface area contributed by atoms with Crippen molar-refractivity contribution >= 4 is 0 Å². The van der Waals surface area contributed by atoms with Crippen molar-refractivity contribution in [1.82, 2.24) is 0 Å². The van der Waals surface area contributed by atoms with Crippen LogP contribution in [0.2, 0.25) is 0 Å². The normalized spacial score (nSPS) is 11.4. The number of hydrogen-bond acceptors (Lipinski definition) is 2. The van der Waals surface area contributed by atoms with Gasteiger partial charge in [-0.1, -0.05) is 65.7 Å². The van der Waals surface area contributed by atoms with E-state index in [1.807, 2.05) is 24.3 Å². The Labute approximate surface area is 184 Å². The summed E-state index contributed by atoms with van der Waals surface area (Å²) in [6, 6.07) is 7.71. The van der Waals surface area contributed by atoms with Crippen LogP contribution in [-0.4, -0.2) is 10.2 Å². The number of phenols is 2. The van der Waals surface area contributed by atoms with E-state index in [0.717, 1.165) is 19.3 Å². The van der Waals surface area contributed by atoms with Crippen LogP contribution in [0.15, 0.2) is 24.3 Å². The second-order valence-corrected chi connectivity index (χ2v) is 8.81. The summed E-state index contributed by atoms with van der Waals surface area (Å²) in [6.07, 6.45) is 11.9. The molecular formula is C28H42O2. The Morgan fingerprint density at radius 2 is 1.07 bits per heavy atom. The number of unbranched alkanes of at least 4 members (excludes halogenated alkanes) is 6. The molecule has 0 aliphatic rings. The van der Waals surface area contributed by atoms with E-state index < -0.39 is 0 Å². The van der Waals surface area contributed by atoms with Gasteiger partial charge in [0, 0.05) is 5.92 Å². The summed E-state index contributed by atoms with van der Waals surface area (Å²) >= 11 is 0. The lowest BCUT2D eigenvalue weighted by molar-refractivity contribution is 0.470. The fraction of sp³-hybridized carbons (Fsp3) is 0.571. The molecule has 0 bridgehead atoms. The zero-order valence-corrected chi connectivity index (χ0v) is 19.9. The molecule has 166 valence electrons. The van der Waals surface area contributed by atoms with Gasteiger partial charge in [0.05, 0.1) is 0 Å². The van der Waals surface area contributed by atoms with Crippen LogP contribution in [0.3, 0.4) is 0 Å². The van der Waals surface area contributed by atoms with Gasteiger partial charge in [-0.25, -0.2) is 0 Å². The molecule has 30 heavy (non-hydrogen) atoms. The average Bonchev–Trinajstić information content (AvgIpc) is 2.73. The summed E-state index contributed by atoms with van der Waals surface area (Å²) in [7, 11) is 0. The maximum absolute atomic E-state index is 10.4. The largest absolute Gasteiger partial charge is 0.508 e. The van der Waals surface area contributed by atoms with Crippen LogP contribution in [0.4, 0.5) is 0 Å². The quantitative estimate of drug-likeness (QED) is 0.347. The molecule has 0 heterocycles. The van der Waals surface area contributed by atoms with Gasteiger partial charge >= 0.3 is 0 Å². The zero-order valence-electron chi connectivity index (χ0n) is 19.9. The predicted molar refractivity (Wildman–Crippen MR) is 129 cm³/mol. The SMILES string of the molecule is CCCCCCCCCC(c1cc(O)cc(CC)c1C)c1cc(O)cc(CC)c1C. The molecule has 0 aliphatic carbocycles. The topological polar surface area (TPSA) is 40.5 Å². The van der Waals surface area contributed by atoms with Crippen LogP contribution in [0.1, 0.15) is 111 Å². The van der Waals surface area contributed by atoms with Crippen LogP contribution in [0, 0.1) is 13.8 Å². The van der Waals surface area contributed by atoms with E-state index in [2.05, 4.69) is 34.6 Å². The monoisotopic (exact) mass is 410 g/mol. The second-order valence-electron chi connectivity index (χ2n) is 8.81. The fourth-order valence-corrected chi connectivity index (χ4v) is 4.81. The second kappa shape index (κ2) is 12.0. The number of benzene rings is 2. The fourth-order valence-electron chi connectivity index (χ4n) is 4.81. The van der Waals surface area contributed by atoms with Gasteiger partial charge in [-0.3, -0.25) is 0 Å². The van der Waals surface area contributed by atoms with Gasteiger partial charge in [-0.15, -0.1) is 0 Å². The standard InChI is InChI=1S/C28H42O2/c1-6-9-10-11-12-13-14-15-26(27-18-24(29)16-22(7-2)20(27)4)28-19-25(30)17-23(8-3)21(28)5/h16-19,26,29-30H,6-15H2,1-5H3. The van der Waals surface area contributed by atoms with Crippen molar-refractivity contribution in [1.29, 1.82) is 0 Å². The van der Waals surface area contributed by atoms with Crippen molar-refractivity contribution in [3.8, 4) is 11.5 Å². The smallest absolute Gasteiger partial charge is 0.116 e. The Balaban J connectivity index is 2.35. The number of hydrogen-bond donors (Lipinski definition) is 2. The molecular weight excluding hydrogens is 368 g/mol. The summed E-state index contributed by atoms with van der Waals surface area (Å²) in [5.41, 5.74) is 7.42. The van der Waals surface area contributed by atoms with Crippen molar-refractivity contribution in [3.63, 3.8) is 0 Å². The van der Waals surface area contributed by atoms with Crippen LogP contribution in [0.25, 0.3) is 0 Å². The highest BCUT2D eigenvalue weighted by Crippen LogP contribution is 2.39. The van der Waals surface area contributed by atoms with Gasteiger partial charge in [0.1, 0.15) is 11.5 Å². The lowest BCUT2D eigenvalue weighted by atomic mass is 9.80. The third-order valence-electron chi connectivity index (χ3n) is 6.69. The molecule has 2 aromatic carbocycles. The molecule has 0 radical (unpaired) electrons. The van der Waals surface area contributed by atoms with Gasteiger partial charge < -0.3 is 10.2 Å². The Bertz CT molecular complexity index is 747. The highest BCUT2D eigenvalue weighted by Gasteiger charge is 2.22. The maximum Gasteiger partial charge on any atom is 0.116 e. The van der Waals surface area contributed by atoms with Crippen LogP contribution >= 0.6 is 0 Å². The average molecular weight is 411 g/mol. The number of phenolic OH excluding ortho intramolecular Hbond substituents is 2. The molecule has 0 aromatic heterocycles. The van der Waals surface area contributed by atoms with E-state index >= 15 is 0 Å². The molecule has 0 unspecified atom stereocenters. The Morgan fingerprint density at radius 1 is 0.633 bits per heavy atom. The van der Waals surface area contributed by atoms with Crippen LogP contribution < -0.4 is 0 Å². The number of aromatic hydroxyl groups is 2. The van der Waals surface area contributed by atoms with E-state index in [4.69, 9.17) is 0 Å². The minimum Gasteiger partial charge on any atom is -0.508 e. The highest BCUT2D eigenvalue weighted by atomic mass is 16.3. The molecule has 0 saturated carbocycles. The minimum absolute atomic E-state index is 0.204. The van der Waals surface area contributed by atoms with Crippen LogP contribution in [0.5, 0.6) is 11.5 Å². The number of aryl methyl sites for hydroxylation is 2. The summed E-state index contributed by atoms with van der Waals surface area (Å²) in [5.74, 6) is 0.909. The highest BCUT2D eigenvalue weighted by molar-refractivity contribution is 5.51. The van der Waals surface area contributed by atoms with Gasteiger partial charge in [-0.05, 0) is 90.8 Å². The summed E-state index contributed by atoms with van der Waals surface area (Å²) in [4.78, 5) is 0. The van der Waals surface area contributed by atoms with Crippen LogP contribution in [-0.2, 0) is 12.8 Å². The van der Waals surface area contributed by atoms with E-state index in [1.54, 1.807) is 0 Å². The molecule has 0 saturated heterocycles. The van der Waals surface area contributed by atoms with Gasteiger partial charge in [-0.2, -0.15) is 0 Å². The van der Waals surface area contributed by atoms with Gasteiger partial charge in [0.25, 0.3) is 0 Å². The molecule has 2 N–H and O–H groups in total. The first-order valence-electron chi connectivity index (χ1n) is 12.1. The zero-order chi connectivity index (χ0) is 22.1. The summed E-state index contributed by atoms with van der Waals surface area (Å²) in [6.45, 7) is 10.9. The van der Waals surface area contributed by atoms with Crippen molar-refractivity contribution in [2.45, 2.75) is 105 Å². The summed E-state index contributed by atoms with van der Waals surface area (Å²) < 4.78 is 0. The molecule has 0 amide bonds. The molecule has 0 spiro atoms. The molecule has 0 fully saturated rings. The Kier molecular flexibility index (Phi) is 9.75. The molecule has 2 aromatic rings. The van der Waals surface area contributed by atoms with E-state index in [9.17, 15) is 10.2 Å². The Morgan fingerprint density at radius 3 is 1.50 bits per heavy atom. The first kappa shape index (κ1) is 24.3. The van der Waals surface area contributed by atoms with E-state index in [1.165, 1.54) is 78.3 Å². The van der Waals surface area contributed by atoms with E-state index in [-0.39, 0.29) is 5.92 Å². The minimum atomic E-state index is 0.204. The molecule has 0 aliphatic heterocycles. The maximum atomic E-state index is 10.4. The molecule has 2 rings (SSSR count). The van der Waals surface area contributed by atoms with Gasteiger partial charge in [0.2, 0.25) is 0 Å². The summed E-state index contributed by atoms with van der Waals surface area (Å²) in [5, 5.41) is 20.8.